The molecule has 0 aliphatic carbocycles. The van der Waals surface area contributed by atoms with Gasteiger partial charge >= 0.3 is 0 Å². The third-order valence-corrected chi connectivity index (χ3v) is 3.30. The normalized spacial score (nSPS) is 12.1. The summed E-state index contributed by atoms with van der Waals surface area (Å²) < 4.78 is 0. The Hall–Kier alpha value is -1.95. The van der Waals surface area contributed by atoms with Gasteiger partial charge in [0, 0.05) is 28.9 Å². The average Bonchev–Trinajstić information content (AvgIpc) is 2.83. The van der Waals surface area contributed by atoms with Gasteiger partial charge in [-0.05, 0) is 19.1 Å². The number of hydrogen-bond acceptors (Lipinski definition) is 5. The molecule has 2 rings (SSSR count). The van der Waals surface area contributed by atoms with Crippen LogP contribution in [0.2, 0.25) is 0 Å². The van der Waals surface area contributed by atoms with Crippen molar-refractivity contribution in [2.75, 3.05) is 5.32 Å². The van der Waals surface area contributed by atoms with E-state index in [-0.39, 0.29) is 11.7 Å². The molecule has 1 heterocycles. The zero-order valence-corrected chi connectivity index (χ0v) is 9.98. The van der Waals surface area contributed by atoms with Gasteiger partial charge in [-0.15, -0.1) is 11.3 Å². The summed E-state index contributed by atoms with van der Waals surface area (Å²) in [5.41, 5.74) is 2.74. The second kappa shape index (κ2) is 4.92. The molecule has 0 saturated carbocycles. The van der Waals surface area contributed by atoms with E-state index in [0.717, 1.165) is 10.6 Å². The predicted octanol–water partition coefficient (Wildman–Crippen LogP) is 3.22. The lowest BCUT2D eigenvalue weighted by molar-refractivity contribution is -0.384. The van der Waals surface area contributed by atoms with Crippen LogP contribution in [0.3, 0.4) is 0 Å². The lowest BCUT2D eigenvalue weighted by Gasteiger charge is -2.12. The lowest BCUT2D eigenvalue weighted by atomic mass is 10.2. The van der Waals surface area contributed by atoms with E-state index in [1.54, 1.807) is 29.0 Å². The fourth-order valence-electron chi connectivity index (χ4n) is 1.44. The van der Waals surface area contributed by atoms with Gasteiger partial charge in [0.15, 0.2) is 0 Å². The van der Waals surface area contributed by atoms with Gasteiger partial charge < -0.3 is 5.32 Å². The average molecular weight is 249 g/mol. The van der Waals surface area contributed by atoms with Crippen molar-refractivity contribution in [2.24, 2.45) is 0 Å². The maximum Gasteiger partial charge on any atom is 0.269 e. The van der Waals surface area contributed by atoms with Gasteiger partial charge in [-0.2, -0.15) is 0 Å². The maximum atomic E-state index is 10.5. The summed E-state index contributed by atoms with van der Waals surface area (Å²) in [4.78, 5) is 15.2. The van der Waals surface area contributed by atoms with Crippen molar-refractivity contribution >= 4 is 22.7 Å². The molecule has 17 heavy (non-hydrogen) atoms. The van der Waals surface area contributed by atoms with Gasteiger partial charge in [0.05, 0.1) is 16.5 Å². The first-order valence-electron chi connectivity index (χ1n) is 5.06. The number of aromatic nitrogens is 1. The minimum absolute atomic E-state index is 0.0981. The molecule has 0 aliphatic heterocycles. The first-order chi connectivity index (χ1) is 8.16. The molecule has 0 aliphatic rings. The van der Waals surface area contributed by atoms with Gasteiger partial charge in [0.2, 0.25) is 0 Å². The molecule has 1 aromatic heterocycles. The van der Waals surface area contributed by atoms with Crippen LogP contribution in [-0.4, -0.2) is 9.91 Å². The van der Waals surface area contributed by atoms with Crippen molar-refractivity contribution < 1.29 is 4.92 Å². The van der Waals surface area contributed by atoms with Crippen molar-refractivity contribution in [3.05, 3.63) is 51.0 Å². The Morgan fingerprint density at radius 3 is 2.65 bits per heavy atom. The molecule has 0 fully saturated rings. The van der Waals surface area contributed by atoms with Gasteiger partial charge in [0.25, 0.3) is 5.69 Å². The topological polar surface area (TPSA) is 68.1 Å². The van der Waals surface area contributed by atoms with Crippen LogP contribution in [0, 0.1) is 10.1 Å². The highest BCUT2D eigenvalue weighted by Crippen LogP contribution is 2.23. The number of hydrogen-bond donors (Lipinski definition) is 1. The number of benzene rings is 1. The van der Waals surface area contributed by atoms with Crippen LogP contribution in [0.5, 0.6) is 0 Å². The van der Waals surface area contributed by atoms with E-state index >= 15 is 0 Å². The molecule has 0 spiro atoms. The van der Waals surface area contributed by atoms with Crippen molar-refractivity contribution in [1.29, 1.82) is 0 Å². The highest BCUT2D eigenvalue weighted by Gasteiger charge is 2.08. The van der Waals surface area contributed by atoms with Gasteiger partial charge in [-0.25, -0.2) is 0 Å². The zero-order valence-electron chi connectivity index (χ0n) is 9.16. The van der Waals surface area contributed by atoms with Crippen LogP contribution >= 0.6 is 11.3 Å². The molecule has 1 aromatic carbocycles. The highest BCUT2D eigenvalue weighted by atomic mass is 32.1. The Balaban J connectivity index is 2.06. The minimum Gasteiger partial charge on any atom is -0.378 e. The van der Waals surface area contributed by atoms with Crippen molar-refractivity contribution in [3.63, 3.8) is 0 Å². The number of nitrogens with zero attached hydrogens (tertiary/aromatic N) is 2. The van der Waals surface area contributed by atoms with E-state index < -0.39 is 4.92 Å². The molecule has 1 unspecified atom stereocenters. The van der Waals surface area contributed by atoms with Gasteiger partial charge in [-0.1, -0.05) is 0 Å². The number of anilines is 1. The number of non-ortho nitro benzene ring substituents is 1. The molecule has 1 N–H and O–H groups in total. The molecule has 0 radical (unpaired) electrons. The third kappa shape index (κ3) is 2.79. The number of rotatable bonds is 4. The van der Waals surface area contributed by atoms with Crippen molar-refractivity contribution in [2.45, 2.75) is 13.0 Å². The van der Waals surface area contributed by atoms with Crippen LogP contribution in [0.4, 0.5) is 11.4 Å². The number of nitrogens with one attached hydrogen (secondary N) is 1. The van der Waals surface area contributed by atoms with Crippen molar-refractivity contribution in [1.82, 2.24) is 4.98 Å². The minimum atomic E-state index is -0.406. The van der Waals surface area contributed by atoms with Crippen LogP contribution in [0.25, 0.3) is 0 Å². The molecular formula is C11H11N3O2S. The van der Waals surface area contributed by atoms with E-state index in [2.05, 4.69) is 10.3 Å². The number of nitro benzene ring substituents is 1. The van der Waals surface area contributed by atoms with Crippen LogP contribution < -0.4 is 5.32 Å². The Morgan fingerprint density at radius 1 is 1.41 bits per heavy atom. The Morgan fingerprint density at radius 2 is 2.12 bits per heavy atom. The summed E-state index contributed by atoms with van der Waals surface area (Å²) in [5, 5.41) is 13.8. The van der Waals surface area contributed by atoms with E-state index in [4.69, 9.17) is 0 Å². The predicted molar refractivity (Wildman–Crippen MR) is 67.2 cm³/mol. The first kappa shape index (κ1) is 11.5. The summed E-state index contributed by atoms with van der Waals surface area (Å²) in [7, 11) is 0. The van der Waals surface area contributed by atoms with Gasteiger partial charge in [-0.3, -0.25) is 15.1 Å². The molecule has 88 valence electrons. The standard InChI is InChI=1S/C11H11N3O2S/c1-8(11-6-12-7-17-11)13-9-2-4-10(5-3-9)14(15)16/h2-8,13H,1H3. The molecule has 1 atom stereocenters. The van der Waals surface area contributed by atoms with E-state index in [1.165, 1.54) is 12.1 Å². The van der Waals surface area contributed by atoms with Gasteiger partial charge in [0.1, 0.15) is 0 Å². The molecule has 2 aromatic rings. The second-order valence-corrected chi connectivity index (χ2v) is 4.49. The Labute approximate surface area is 102 Å². The third-order valence-electron chi connectivity index (χ3n) is 2.34. The summed E-state index contributed by atoms with van der Waals surface area (Å²) in [6.07, 6.45) is 1.81. The van der Waals surface area contributed by atoms with Crippen molar-refractivity contribution in [3.8, 4) is 0 Å². The first-order valence-corrected chi connectivity index (χ1v) is 5.94. The molecule has 0 bridgehead atoms. The molecule has 6 heteroatoms. The molecular weight excluding hydrogens is 238 g/mol. The smallest absolute Gasteiger partial charge is 0.269 e. The summed E-state index contributed by atoms with van der Waals surface area (Å²) in [5.74, 6) is 0. The fraction of sp³-hybridized carbons (Fsp3) is 0.182. The van der Waals surface area contributed by atoms with Crippen LogP contribution in [-0.2, 0) is 0 Å². The lowest BCUT2D eigenvalue weighted by Crippen LogP contribution is -2.04. The number of thiazole rings is 1. The molecule has 0 amide bonds. The largest absolute Gasteiger partial charge is 0.378 e. The summed E-state index contributed by atoms with van der Waals surface area (Å²) >= 11 is 1.58. The van der Waals surface area contributed by atoms with E-state index in [1.807, 2.05) is 13.1 Å². The van der Waals surface area contributed by atoms with E-state index in [9.17, 15) is 10.1 Å². The zero-order chi connectivity index (χ0) is 12.3. The monoisotopic (exact) mass is 249 g/mol. The van der Waals surface area contributed by atoms with E-state index in [0.29, 0.717) is 0 Å². The molecule has 5 nitrogen and oxygen atoms in total. The highest BCUT2D eigenvalue weighted by molar-refractivity contribution is 7.09. The maximum absolute atomic E-state index is 10.5. The number of nitro groups is 1. The Kier molecular flexibility index (Phi) is 3.34. The summed E-state index contributed by atoms with van der Waals surface area (Å²) in [6.45, 7) is 2.02. The quantitative estimate of drug-likeness (QED) is 0.667. The summed E-state index contributed by atoms with van der Waals surface area (Å²) in [6, 6.07) is 6.53. The second-order valence-electron chi connectivity index (χ2n) is 3.57. The molecule has 0 saturated heterocycles. The van der Waals surface area contributed by atoms with Crippen LogP contribution in [0.15, 0.2) is 36.0 Å². The Bertz CT molecular complexity index is 496. The van der Waals surface area contributed by atoms with Crippen LogP contribution in [0.1, 0.15) is 17.8 Å². The SMILES string of the molecule is CC(Nc1ccc([N+](=O)[O-])cc1)c1cncs1. The fourth-order valence-corrected chi connectivity index (χ4v) is 2.07.